The fraction of sp³-hybridized carbons (Fsp3) is 0.938. The minimum Gasteiger partial charge on any atom is -0.462 e. The van der Waals surface area contributed by atoms with Gasteiger partial charge in [0.1, 0.15) is 13.1 Å². The smallest absolute Gasteiger partial charge is 0.361 e. The van der Waals surface area contributed by atoms with Crippen LogP contribution in [0.3, 0.4) is 0 Å². The maximum Gasteiger partial charge on any atom is 0.361 e. The van der Waals surface area contributed by atoms with E-state index in [2.05, 4.69) is 13.8 Å². The highest BCUT2D eigenvalue weighted by molar-refractivity contribution is 5.70. The summed E-state index contributed by atoms with van der Waals surface area (Å²) in [7, 11) is 8.12. The van der Waals surface area contributed by atoms with E-state index in [1.54, 1.807) is 0 Å². The van der Waals surface area contributed by atoms with Crippen LogP contribution >= 0.6 is 0 Å². The Hall–Kier alpha value is -1.18. The first-order valence-corrected chi connectivity index (χ1v) is 16.1. The summed E-state index contributed by atoms with van der Waals surface area (Å²) in [5.41, 5.74) is 0. The predicted molar refractivity (Wildman–Crippen MR) is 162 cm³/mol. The first-order chi connectivity index (χ1) is 18.6. The lowest BCUT2D eigenvalue weighted by Gasteiger charge is -2.30. The van der Waals surface area contributed by atoms with Crippen molar-refractivity contribution in [2.75, 3.05) is 80.8 Å². The Morgan fingerprint density at radius 2 is 0.769 bits per heavy atom. The molecule has 0 aliphatic heterocycles. The first-order valence-electron chi connectivity index (χ1n) is 16.1. The Balaban J connectivity index is 3.80. The summed E-state index contributed by atoms with van der Waals surface area (Å²) in [6.07, 6.45) is 19.8. The predicted octanol–water partition coefficient (Wildman–Crippen LogP) is 6.52. The average Bonchev–Trinajstić information content (AvgIpc) is 2.85. The lowest BCUT2D eigenvalue weighted by atomic mass is 10.1. The Morgan fingerprint density at radius 1 is 0.462 bits per heavy atom. The lowest BCUT2D eigenvalue weighted by molar-refractivity contribution is -0.887. The molecule has 7 heteroatoms. The van der Waals surface area contributed by atoms with E-state index in [1.807, 2.05) is 28.2 Å². The van der Waals surface area contributed by atoms with Crippen molar-refractivity contribution in [1.29, 1.82) is 0 Å². The lowest BCUT2D eigenvalue weighted by Crippen LogP contribution is -2.48. The van der Waals surface area contributed by atoms with E-state index in [4.69, 9.17) is 14.2 Å². The molecule has 0 spiro atoms. The standard InChI is InChI=1S/C32H66N2O5/c1-7-9-11-13-15-17-19-21-25-38-31(35)29-33(3,4)23-27-37-28-24-34(5,6)30-32(36)39-26-22-20-18-16-14-12-10-8-2/h7-30H2,1-6H3/q+2. The summed E-state index contributed by atoms with van der Waals surface area (Å²) in [6, 6.07) is 0. The van der Waals surface area contributed by atoms with Crippen molar-refractivity contribution in [3.8, 4) is 0 Å². The second kappa shape index (κ2) is 24.6. The molecule has 0 heterocycles. The van der Waals surface area contributed by atoms with Crippen molar-refractivity contribution in [2.45, 2.75) is 117 Å². The van der Waals surface area contributed by atoms with Crippen LogP contribution in [-0.2, 0) is 23.8 Å². The molecule has 0 N–H and O–H groups in total. The van der Waals surface area contributed by atoms with E-state index in [-0.39, 0.29) is 11.9 Å². The Bertz CT molecular complexity index is 545. The minimum absolute atomic E-state index is 0.133. The number of esters is 2. The van der Waals surface area contributed by atoms with E-state index >= 15 is 0 Å². The van der Waals surface area contributed by atoms with Gasteiger partial charge in [-0.1, -0.05) is 104 Å². The van der Waals surface area contributed by atoms with Crippen molar-refractivity contribution in [3.63, 3.8) is 0 Å². The van der Waals surface area contributed by atoms with Gasteiger partial charge in [0.15, 0.2) is 13.1 Å². The molecule has 232 valence electrons. The van der Waals surface area contributed by atoms with Gasteiger partial charge in [-0.25, -0.2) is 9.59 Å². The van der Waals surface area contributed by atoms with Crippen LogP contribution in [0, 0.1) is 0 Å². The van der Waals surface area contributed by atoms with Crippen molar-refractivity contribution in [2.24, 2.45) is 0 Å². The van der Waals surface area contributed by atoms with E-state index in [9.17, 15) is 9.59 Å². The molecule has 7 nitrogen and oxygen atoms in total. The van der Waals surface area contributed by atoms with Crippen molar-refractivity contribution >= 4 is 11.9 Å². The molecular formula is C32H66N2O5+2. The summed E-state index contributed by atoms with van der Waals surface area (Å²) in [6.45, 7) is 8.85. The number of likely N-dealkylation sites (N-methyl/N-ethyl adjacent to an activating group) is 2. The van der Waals surface area contributed by atoms with Crippen LogP contribution in [0.1, 0.15) is 117 Å². The highest BCUT2D eigenvalue weighted by Crippen LogP contribution is 2.10. The second-order valence-corrected chi connectivity index (χ2v) is 12.6. The van der Waals surface area contributed by atoms with Gasteiger partial charge in [-0.05, 0) is 12.8 Å². The number of carbonyl (C=O) groups is 2. The van der Waals surface area contributed by atoms with Crippen LogP contribution in [-0.4, -0.2) is 102 Å². The minimum atomic E-state index is -0.133. The zero-order valence-corrected chi connectivity index (χ0v) is 26.9. The zero-order chi connectivity index (χ0) is 29.2. The highest BCUT2D eigenvalue weighted by Gasteiger charge is 2.23. The Morgan fingerprint density at radius 3 is 1.10 bits per heavy atom. The molecule has 0 saturated heterocycles. The van der Waals surface area contributed by atoms with Gasteiger partial charge < -0.3 is 23.2 Å². The number of hydrogen-bond donors (Lipinski definition) is 0. The quantitative estimate of drug-likeness (QED) is 0.0621. The number of rotatable bonds is 28. The van der Waals surface area contributed by atoms with E-state index < -0.39 is 0 Å². The molecule has 0 aliphatic carbocycles. The maximum absolute atomic E-state index is 12.2. The van der Waals surface area contributed by atoms with E-state index in [1.165, 1.54) is 77.0 Å². The normalized spacial score (nSPS) is 12.1. The monoisotopic (exact) mass is 558 g/mol. The fourth-order valence-electron chi connectivity index (χ4n) is 4.52. The third-order valence-electron chi connectivity index (χ3n) is 7.32. The molecule has 0 aromatic heterocycles. The van der Waals surface area contributed by atoms with Gasteiger partial charge in [0.05, 0.1) is 54.6 Å². The SMILES string of the molecule is CCCCCCCCCCOC(=O)C[N+](C)(C)CCOCC[N+](C)(C)CC(=O)OCCCCCCCCCC. The third kappa shape index (κ3) is 26.8. The van der Waals surface area contributed by atoms with Crippen molar-refractivity contribution in [3.05, 3.63) is 0 Å². The van der Waals surface area contributed by atoms with Crippen LogP contribution in [0.4, 0.5) is 0 Å². The van der Waals surface area contributed by atoms with Crippen molar-refractivity contribution in [1.82, 2.24) is 0 Å². The molecule has 0 radical (unpaired) electrons. The molecule has 0 saturated carbocycles. The number of unbranched alkanes of at least 4 members (excludes halogenated alkanes) is 14. The third-order valence-corrected chi connectivity index (χ3v) is 7.32. The van der Waals surface area contributed by atoms with Gasteiger partial charge in [-0.3, -0.25) is 0 Å². The van der Waals surface area contributed by atoms with Gasteiger partial charge in [-0.2, -0.15) is 0 Å². The summed E-state index contributed by atoms with van der Waals surface area (Å²) in [5.74, 6) is -0.266. The van der Waals surface area contributed by atoms with E-state index in [0.29, 0.717) is 48.5 Å². The Kier molecular flexibility index (Phi) is 23.9. The average molecular weight is 559 g/mol. The van der Waals surface area contributed by atoms with Crippen LogP contribution < -0.4 is 0 Å². The summed E-state index contributed by atoms with van der Waals surface area (Å²) >= 11 is 0. The van der Waals surface area contributed by atoms with Gasteiger partial charge in [-0.15, -0.1) is 0 Å². The zero-order valence-electron chi connectivity index (χ0n) is 26.9. The summed E-state index contributed by atoms with van der Waals surface area (Å²) < 4.78 is 17.8. The first kappa shape index (κ1) is 37.8. The molecule has 0 amide bonds. The number of carbonyl (C=O) groups excluding carboxylic acids is 2. The van der Waals surface area contributed by atoms with Gasteiger partial charge >= 0.3 is 11.9 Å². The number of quaternary nitrogens is 2. The molecular weight excluding hydrogens is 492 g/mol. The molecule has 0 atom stereocenters. The second-order valence-electron chi connectivity index (χ2n) is 12.6. The summed E-state index contributed by atoms with van der Waals surface area (Å²) in [5, 5.41) is 0. The number of ether oxygens (including phenoxy) is 3. The van der Waals surface area contributed by atoms with E-state index in [0.717, 1.165) is 38.8 Å². The molecule has 0 fully saturated rings. The Labute approximate surface area is 242 Å². The van der Waals surface area contributed by atoms with Crippen LogP contribution in [0.15, 0.2) is 0 Å². The van der Waals surface area contributed by atoms with Gasteiger partial charge in [0.2, 0.25) is 0 Å². The van der Waals surface area contributed by atoms with Crippen LogP contribution in [0.2, 0.25) is 0 Å². The topological polar surface area (TPSA) is 61.8 Å². The van der Waals surface area contributed by atoms with Crippen LogP contribution in [0.25, 0.3) is 0 Å². The molecule has 0 aliphatic rings. The molecule has 0 bridgehead atoms. The molecule has 0 rings (SSSR count). The van der Waals surface area contributed by atoms with Crippen LogP contribution in [0.5, 0.6) is 0 Å². The maximum atomic E-state index is 12.2. The summed E-state index contributed by atoms with van der Waals surface area (Å²) in [4.78, 5) is 24.5. The largest absolute Gasteiger partial charge is 0.462 e. The van der Waals surface area contributed by atoms with Gasteiger partial charge in [0, 0.05) is 0 Å². The molecule has 0 aromatic carbocycles. The molecule has 0 aromatic rings. The molecule has 0 unspecified atom stereocenters. The highest BCUT2D eigenvalue weighted by atomic mass is 16.5. The number of hydrogen-bond acceptors (Lipinski definition) is 5. The fourth-order valence-corrected chi connectivity index (χ4v) is 4.52. The van der Waals surface area contributed by atoms with Gasteiger partial charge in [0.25, 0.3) is 0 Å². The molecule has 39 heavy (non-hydrogen) atoms. The number of nitrogens with zero attached hydrogens (tertiary/aromatic N) is 2. The van der Waals surface area contributed by atoms with Crippen molar-refractivity contribution < 1.29 is 32.8 Å².